The number of carboxylic acid groups (broad SMARTS) is 1. The number of nitrogens with one attached hydrogen (secondary N) is 1. The predicted molar refractivity (Wildman–Crippen MR) is 125 cm³/mol. The maximum atomic E-state index is 11.8. The molecule has 0 saturated heterocycles. The van der Waals surface area contributed by atoms with Gasteiger partial charge in [0.2, 0.25) is 5.91 Å². The van der Waals surface area contributed by atoms with Crippen molar-refractivity contribution < 1.29 is 42.0 Å². The molecular weight excluding hydrogens is 482 g/mol. The molecule has 13 heteroatoms. The Morgan fingerprint density at radius 2 is 1.69 bits per heavy atom. The van der Waals surface area contributed by atoms with Crippen LogP contribution in [0.3, 0.4) is 0 Å². The Balaban J connectivity index is 0.000000379. The first-order valence-corrected chi connectivity index (χ1v) is 11.5. The molecule has 0 heterocycles. The summed E-state index contributed by atoms with van der Waals surface area (Å²) in [6.45, 7) is 1.20. The first kappa shape index (κ1) is 29.2. The minimum absolute atomic E-state index is 0.104. The molecule has 2 aromatic rings. The summed E-state index contributed by atoms with van der Waals surface area (Å²) in [4.78, 5) is 44.6. The number of hydrogen-bond donors (Lipinski definition) is 5. The molecule has 0 aliphatic heterocycles. The maximum absolute atomic E-state index is 11.8. The largest absolute Gasteiger partial charge is 0.481 e. The summed E-state index contributed by atoms with van der Waals surface area (Å²) >= 11 is 0. The molecule has 0 aliphatic carbocycles. The normalized spacial score (nSPS) is 12.3. The van der Waals surface area contributed by atoms with Gasteiger partial charge in [-0.1, -0.05) is 30.3 Å². The van der Waals surface area contributed by atoms with E-state index in [0.29, 0.717) is 0 Å². The predicted octanol–water partition coefficient (Wildman–Crippen LogP) is 0.407. The highest BCUT2D eigenvalue weighted by atomic mass is 32.2. The third-order valence-electron chi connectivity index (χ3n) is 4.48. The van der Waals surface area contributed by atoms with Gasteiger partial charge in [0, 0.05) is 17.7 Å². The first-order chi connectivity index (χ1) is 16.3. The number of rotatable bonds is 9. The molecule has 7 N–H and O–H groups in total. The third kappa shape index (κ3) is 9.92. The number of carbonyl (C=O) groups excluding carboxylic acids is 3. The summed E-state index contributed by atoms with van der Waals surface area (Å²) in [6, 6.07) is 10.5. The first-order valence-electron chi connectivity index (χ1n) is 10.0. The summed E-state index contributed by atoms with van der Waals surface area (Å²) in [5.41, 5.74) is 11.8. The minimum Gasteiger partial charge on any atom is -0.481 e. The number of carbonyl (C=O) groups is 4. The monoisotopic (exact) mass is 509 g/mol. The molecule has 12 nitrogen and oxygen atoms in total. The summed E-state index contributed by atoms with van der Waals surface area (Å²) in [6.07, 6.45) is -0.274. The van der Waals surface area contributed by atoms with Gasteiger partial charge < -0.3 is 26.6 Å². The number of anilines is 1. The van der Waals surface area contributed by atoms with Gasteiger partial charge >= 0.3 is 11.9 Å². The molecule has 190 valence electrons. The number of Topliss-reactive ketones (excluding diaryl/α,β-unsaturated/α-hetero) is 1. The van der Waals surface area contributed by atoms with Crippen molar-refractivity contribution in [3.8, 4) is 0 Å². The topological polar surface area (TPSA) is 216 Å². The second kappa shape index (κ2) is 13.2. The van der Waals surface area contributed by atoms with Crippen LogP contribution in [0.1, 0.15) is 29.3 Å². The zero-order valence-corrected chi connectivity index (χ0v) is 19.8. The van der Waals surface area contributed by atoms with E-state index in [4.69, 9.17) is 21.1 Å². The van der Waals surface area contributed by atoms with Crippen molar-refractivity contribution in [2.75, 3.05) is 12.8 Å². The number of aliphatic carboxylic acids is 1. The Bertz CT molecular complexity index is 1170. The molecule has 0 spiro atoms. The van der Waals surface area contributed by atoms with Gasteiger partial charge in [0.25, 0.3) is 10.1 Å². The highest BCUT2D eigenvalue weighted by molar-refractivity contribution is 7.86. The average Bonchev–Trinajstić information content (AvgIpc) is 2.77. The van der Waals surface area contributed by atoms with Crippen LogP contribution in [0.25, 0.3) is 0 Å². The number of nitrogen functional groups attached to an aromatic ring is 1. The molecule has 0 aromatic heterocycles. The smallest absolute Gasteiger partial charge is 0.328 e. The van der Waals surface area contributed by atoms with Crippen molar-refractivity contribution in [2.24, 2.45) is 5.73 Å². The van der Waals surface area contributed by atoms with Gasteiger partial charge in [-0.25, -0.2) is 4.79 Å². The van der Waals surface area contributed by atoms with E-state index >= 15 is 0 Å². The number of hydrogen-bond acceptors (Lipinski definition) is 9. The Labute approximate surface area is 202 Å². The standard InChI is InChI=1S/C14H18N2O5.C8H9NO4S/c1-21-14(20)11(7-9-5-3-2-4-6-9)16-13(19)10(15)8-12(17)18;1-5(10)7-4-6(9)2-3-8(7)14(11,12)13/h2-6,10-11H,7-8,15H2,1H3,(H,16,19)(H,17,18);2-4H,9H2,1H3,(H,11,12,13). The quantitative estimate of drug-likeness (QED) is 0.135. The fourth-order valence-electron chi connectivity index (χ4n) is 2.79. The lowest BCUT2D eigenvalue weighted by Crippen LogP contribution is -2.50. The SMILES string of the molecule is CC(=O)c1cc(N)ccc1S(=O)(=O)O.COC(=O)C(Cc1ccccc1)NC(=O)C(N)CC(=O)O. The van der Waals surface area contributed by atoms with Crippen LogP contribution in [0, 0.1) is 0 Å². The van der Waals surface area contributed by atoms with Crippen LogP contribution in [0.15, 0.2) is 53.4 Å². The number of nitrogens with two attached hydrogens (primary N) is 2. The van der Waals surface area contributed by atoms with Crippen molar-refractivity contribution in [3.63, 3.8) is 0 Å². The van der Waals surface area contributed by atoms with E-state index in [1.165, 1.54) is 26.2 Å². The van der Waals surface area contributed by atoms with E-state index in [-0.39, 0.29) is 17.7 Å². The van der Waals surface area contributed by atoms with Crippen LogP contribution in [0.2, 0.25) is 0 Å². The number of esters is 1. The second-order valence-corrected chi connectivity index (χ2v) is 8.66. The van der Waals surface area contributed by atoms with Gasteiger partial charge in [-0.3, -0.25) is 18.9 Å². The molecule has 2 unspecified atom stereocenters. The Morgan fingerprint density at radius 3 is 2.17 bits per heavy atom. The minimum atomic E-state index is -4.37. The van der Waals surface area contributed by atoms with Crippen molar-refractivity contribution in [1.29, 1.82) is 0 Å². The highest BCUT2D eigenvalue weighted by Gasteiger charge is 2.25. The number of ether oxygens (including phenoxy) is 1. The molecule has 2 aromatic carbocycles. The Morgan fingerprint density at radius 1 is 1.09 bits per heavy atom. The lowest BCUT2D eigenvalue weighted by atomic mass is 10.1. The Hall–Kier alpha value is -3.81. The van der Waals surface area contributed by atoms with Crippen LogP contribution in [0.4, 0.5) is 5.69 Å². The number of carboxylic acids is 1. The van der Waals surface area contributed by atoms with Gasteiger partial charge in [-0.2, -0.15) is 8.42 Å². The average molecular weight is 510 g/mol. The zero-order valence-electron chi connectivity index (χ0n) is 19.0. The van der Waals surface area contributed by atoms with Gasteiger partial charge in [0.05, 0.1) is 19.6 Å². The van der Waals surface area contributed by atoms with E-state index in [9.17, 15) is 27.6 Å². The van der Waals surface area contributed by atoms with Gasteiger partial charge in [-0.05, 0) is 30.7 Å². The van der Waals surface area contributed by atoms with E-state index in [1.807, 2.05) is 18.2 Å². The van der Waals surface area contributed by atoms with Crippen LogP contribution < -0.4 is 16.8 Å². The van der Waals surface area contributed by atoms with Crippen molar-refractivity contribution in [1.82, 2.24) is 5.32 Å². The number of amides is 1. The molecule has 0 fully saturated rings. The van der Waals surface area contributed by atoms with E-state index in [1.54, 1.807) is 12.1 Å². The third-order valence-corrected chi connectivity index (χ3v) is 5.39. The van der Waals surface area contributed by atoms with Crippen molar-refractivity contribution in [3.05, 3.63) is 59.7 Å². The van der Waals surface area contributed by atoms with Gasteiger partial charge in [-0.15, -0.1) is 0 Å². The van der Waals surface area contributed by atoms with Gasteiger partial charge in [0.15, 0.2) is 5.78 Å². The second-order valence-electron chi connectivity index (χ2n) is 7.27. The van der Waals surface area contributed by atoms with E-state index in [2.05, 4.69) is 10.1 Å². The molecule has 35 heavy (non-hydrogen) atoms. The van der Waals surface area contributed by atoms with Crippen LogP contribution in [0.5, 0.6) is 0 Å². The van der Waals surface area contributed by atoms with Crippen LogP contribution in [-0.2, 0) is 35.7 Å². The molecule has 0 aliphatic rings. The van der Waals surface area contributed by atoms with Gasteiger partial charge in [0.1, 0.15) is 10.9 Å². The Kier molecular flexibility index (Phi) is 11.0. The lowest BCUT2D eigenvalue weighted by Gasteiger charge is -2.18. The van der Waals surface area contributed by atoms with Crippen molar-refractivity contribution in [2.45, 2.75) is 36.7 Å². The molecule has 0 saturated carbocycles. The van der Waals surface area contributed by atoms with Crippen molar-refractivity contribution >= 4 is 39.4 Å². The maximum Gasteiger partial charge on any atom is 0.328 e. The van der Waals surface area contributed by atoms with Crippen LogP contribution >= 0.6 is 0 Å². The molecular formula is C22H27N3O9S. The molecule has 2 rings (SSSR count). The van der Waals surface area contributed by atoms with E-state index < -0.39 is 57.1 Å². The van der Waals surface area contributed by atoms with Crippen LogP contribution in [-0.4, -0.2) is 60.9 Å². The van der Waals surface area contributed by atoms with E-state index in [0.717, 1.165) is 11.6 Å². The number of methoxy groups -OCH3 is 1. The fourth-order valence-corrected chi connectivity index (χ4v) is 3.51. The molecule has 0 radical (unpaired) electrons. The molecule has 0 bridgehead atoms. The molecule has 1 amide bonds. The highest BCUT2D eigenvalue weighted by Crippen LogP contribution is 2.19. The molecule has 2 atom stereocenters. The summed E-state index contributed by atoms with van der Waals surface area (Å²) < 4.78 is 35.1. The zero-order chi connectivity index (χ0) is 26.8. The summed E-state index contributed by atoms with van der Waals surface area (Å²) in [7, 11) is -3.16. The lowest BCUT2D eigenvalue weighted by molar-refractivity contribution is -0.145. The number of benzene rings is 2. The summed E-state index contributed by atoms with van der Waals surface area (Å²) in [5, 5.41) is 11.0. The summed E-state index contributed by atoms with van der Waals surface area (Å²) in [5.74, 6) is -2.97. The fraction of sp³-hybridized carbons (Fsp3) is 0.273. The number of ketones is 1.